The van der Waals surface area contributed by atoms with Crippen LogP contribution in [-0.4, -0.2) is 45.4 Å². The van der Waals surface area contributed by atoms with E-state index in [9.17, 15) is 5.11 Å². The smallest absolute Gasteiger partial charge is 0.258 e. The third-order valence-corrected chi connectivity index (χ3v) is 6.47. The van der Waals surface area contributed by atoms with Crippen molar-refractivity contribution in [1.82, 2.24) is 15.0 Å². The number of likely N-dealkylation sites (tertiary alicyclic amines) is 1. The van der Waals surface area contributed by atoms with Gasteiger partial charge in [-0.2, -0.15) is 4.98 Å². The van der Waals surface area contributed by atoms with Crippen LogP contribution in [0.4, 0.5) is 5.69 Å². The van der Waals surface area contributed by atoms with E-state index in [2.05, 4.69) is 33.2 Å². The second-order valence-electron chi connectivity index (χ2n) is 9.04. The van der Waals surface area contributed by atoms with Crippen molar-refractivity contribution in [2.24, 2.45) is 0 Å². The maximum Gasteiger partial charge on any atom is 0.258 e. The van der Waals surface area contributed by atoms with Crippen molar-refractivity contribution in [3.63, 3.8) is 0 Å². The van der Waals surface area contributed by atoms with Crippen molar-refractivity contribution in [2.75, 3.05) is 18.8 Å². The molecule has 3 aromatic rings. The second-order valence-corrected chi connectivity index (χ2v) is 9.04. The van der Waals surface area contributed by atoms with Crippen LogP contribution < -0.4 is 10.5 Å². The lowest BCUT2D eigenvalue weighted by Gasteiger charge is -2.34. The summed E-state index contributed by atoms with van der Waals surface area (Å²) in [6, 6.07) is 12.3. The zero-order valence-electron chi connectivity index (χ0n) is 18.6. The van der Waals surface area contributed by atoms with Gasteiger partial charge in [0.25, 0.3) is 5.89 Å². The van der Waals surface area contributed by atoms with Crippen molar-refractivity contribution in [1.29, 1.82) is 0 Å². The molecule has 2 aromatic carbocycles. The minimum atomic E-state index is -0.156. The summed E-state index contributed by atoms with van der Waals surface area (Å²) < 4.78 is 11.3. The molecular formula is C25H30N4O3. The van der Waals surface area contributed by atoms with E-state index in [1.54, 1.807) is 0 Å². The molecule has 1 fully saturated rings. The van der Waals surface area contributed by atoms with Crippen molar-refractivity contribution < 1.29 is 14.4 Å². The van der Waals surface area contributed by atoms with Gasteiger partial charge in [0.1, 0.15) is 5.75 Å². The highest BCUT2D eigenvalue weighted by Gasteiger charge is 2.32. The number of ether oxygens (including phenoxy) is 1. The Morgan fingerprint density at radius 3 is 2.72 bits per heavy atom. The normalized spacial score (nSPS) is 19.4. The van der Waals surface area contributed by atoms with Gasteiger partial charge in [0.15, 0.2) is 0 Å². The number of piperidine rings is 1. The van der Waals surface area contributed by atoms with Crippen LogP contribution in [0.1, 0.15) is 50.3 Å². The second kappa shape index (κ2) is 8.56. The zero-order valence-corrected chi connectivity index (χ0v) is 18.6. The van der Waals surface area contributed by atoms with Gasteiger partial charge in [-0.25, -0.2) is 0 Å². The molecule has 0 spiro atoms. The molecule has 1 atom stereocenters. The largest absolute Gasteiger partial charge is 0.489 e. The highest BCUT2D eigenvalue weighted by atomic mass is 16.5. The first-order valence-corrected chi connectivity index (χ1v) is 11.4. The molecule has 0 bridgehead atoms. The summed E-state index contributed by atoms with van der Waals surface area (Å²) in [6.45, 7) is 5.82. The molecular weight excluding hydrogens is 404 g/mol. The fourth-order valence-electron chi connectivity index (χ4n) is 4.91. The van der Waals surface area contributed by atoms with E-state index in [4.69, 9.17) is 15.0 Å². The first kappa shape index (κ1) is 21.0. The fraction of sp³-hybridized carbons (Fsp3) is 0.440. The first-order chi connectivity index (χ1) is 15.5. The van der Waals surface area contributed by atoms with Crippen LogP contribution in [0, 0.1) is 0 Å². The molecule has 0 amide bonds. The number of nitrogens with two attached hydrogens (primary N) is 1. The number of nitrogens with zero attached hydrogens (tertiary/aromatic N) is 3. The van der Waals surface area contributed by atoms with E-state index >= 15 is 0 Å². The summed E-state index contributed by atoms with van der Waals surface area (Å²) in [5.74, 6) is 1.70. The number of hydrogen-bond acceptors (Lipinski definition) is 7. The molecule has 1 aliphatic heterocycles. The van der Waals surface area contributed by atoms with Gasteiger partial charge in [0, 0.05) is 30.3 Å². The van der Waals surface area contributed by atoms with Crippen LogP contribution in [0.25, 0.3) is 22.8 Å². The minimum absolute atomic E-state index is 0.0529. The Hall–Kier alpha value is -2.90. The van der Waals surface area contributed by atoms with Gasteiger partial charge in [-0.1, -0.05) is 23.4 Å². The molecule has 7 nitrogen and oxygen atoms in total. The molecule has 1 aliphatic carbocycles. The molecule has 1 aromatic heterocycles. The van der Waals surface area contributed by atoms with E-state index in [1.165, 1.54) is 11.1 Å². The summed E-state index contributed by atoms with van der Waals surface area (Å²) in [4.78, 5) is 7.19. The van der Waals surface area contributed by atoms with Gasteiger partial charge in [0.2, 0.25) is 5.82 Å². The molecule has 3 N–H and O–H groups in total. The van der Waals surface area contributed by atoms with Crippen molar-refractivity contribution in [3.05, 3.63) is 47.5 Å². The Bertz CT molecular complexity index is 1100. The van der Waals surface area contributed by atoms with Gasteiger partial charge in [-0.15, -0.1) is 0 Å². The Kier molecular flexibility index (Phi) is 5.61. The van der Waals surface area contributed by atoms with Gasteiger partial charge >= 0.3 is 0 Å². The van der Waals surface area contributed by atoms with Gasteiger partial charge < -0.3 is 20.1 Å². The van der Waals surface area contributed by atoms with E-state index in [0.29, 0.717) is 29.2 Å². The number of nitrogen functional groups attached to an aromatic ring is 1. The van der Waals surface area contributed by atoms with Gasteiger partial charge in [0.05, 0.1) is 17.9 Å². The standard InChI is InChI=1S/C25H30N4O3/c1-15(2)31-23-9-6-16(14-21(23)26)25-27-24(28-32-25)20-5-3-4-19-18(20)7-8-22(19)29-12-10-17(30)11-13-29/h3-6,9,14-15,17,22,30H,7-8,10-13,26H2,1-2H3. The zero-order chi connectivity index (χ0) is 22.2. The van der Waals surface area contributed by atoms with Crippen LogP contribution in [0.5, 0.6) is 5.75 Å². The molecule has 2 heterocycles. The number of benzene rings is 2. The summed E-state index contributed by atoms with van der Waals surface area (Å²) in [5.41, 5.74) is 11.2. The predicted molar refractivity (Wildman–Crippen MR) is 123 cm³/mol. The number of rotatable bonds is 5. The van der Waals surface area contributed by atoms with Crippen LogP contribution in [0.2, 0.25) is 0 Å². The number of fused-ring (bicyclic) bond motifs is 1. The van der Waals surface area contributed by atoms with E-state index in [0.717, 1.165) is 49.9 Å². The SMILES string of the molecule is CC(C)Oc1ccc(-c2nc(-c3cccc4c3CCC4N3CCC(O)CC3)no2)cc1N. The van der Waals surface area contributed by atoms with Gasteiger partial charge in [-0.3, -0.25) is 4.90 Å². The van der Waals surface area contributed by atoms with Crippen molar-refractivity contribution in [3.8, 4) is 28.6 Å². The summed E-state index contributed by atoms with van der Waals surface area (Å²) in [5, 5.41) is 14.1. The molecule has 2 aliphatic rings. The average molecular weight is 435 g/mol. The highest BCUT2D eigenvalue weighted by molar-refractivity contribution is 5.69. The summed E-state index contributed by atoms with van der Waals surface area (Å²) in [6.07, 6.45) is 3.68. The number of aliphatic hydroxyl groups excluding tert-OH is 1. The van der Waals surface area contributed by atoms with E-state index < -0.39 is 0 Å². The number of aliphatic hydroxyl groups is 1. The molecule has 1 unspecified atom stereocenters. The molecule has 5 rings (SSSR count). The Labute approximate surface area is 188 Å². The molecule has 7 heteroatoms. The number of hydrogen-bond donors (Lipinski definition) is 2. The Morgan fingerprint density at radius 2 is 1.97 bits per heavy atom. The monoisotopic (exact) mass is 434 g/mol. The van der Waals surface area contributed by atoms with Crippen LogP contribution in [-0.2, 0) is 6.42 Å². The lowest BCUT2D eigenvalue weighted by molar-refractivity contribution is 0.0606. The van der Waals surface area contributed by atoms with Crippen LogP contribution in [0.3, 0.4) is 0 Å². The highest BCUT2D eigenvalue weighted by Crippen LogP contribution is 2.41. The molecule has 1 saturated heterocycles. The molecule has 0 radical (unpaired) electrons. The van der Waals surface area contributed by atoms with Crippen molar-refractivity contribution >= 4 is 5.69 Å². The Balaban J connectivity index is 1.40. The molecule has 0 saturated carbocycles. The number of anilines is 1. The lowest BCUT2D eigenvalue weighted by Crippen LogP contribution is -2.37. The minimum Gasteiger partial charge on any atom is -0.489 e. The predicted octanol–water partition coefficient (Wildman–Crippen LogP) is 4.22. The number of aromatic nitrogens is 2. The topological polar surface area (TPSA) is 97.6 Å². The quantitative estimate of drug-likeness (QED) is 0.580. The maximum absolute atomic E-state index is 9.86. The fourth-order valence-corrected chi connectivity index (χ4v) is 4.91. The Morgan fingerprint density at radius 1 is 1.16 bits per heavy atom. The third-order valence-electron chi connectivity index (χ3n) is 6.47. The summed E-state index contributed by atoms with van der Waals surface area (Å²) in [7, 11) is 0. The van der Waals surface area contributed by atoms with Gasteiger partial charge in [-0.05, 0) is 68.9 Å². The van der Waals surface area contributed by atoms with E-state index in [1.807, 2.05) is 32.0 Å². The first-order valence-electron chi connectivity index (χ1n) is 11.4. The van der Waals surface area contributed by atoms with E-state index in [-0.39, 0.29) is 12.2 Å². The molecule has 32 heavy (non-hydrogen) atoms. The molecule has 168 valence electrons. The van der Waals surface area contributed by atoms with Crippen molar-refractivity contribution in [2.45, 2.75) is 57.8 Å². The van der Waals surface area contributed by atoms with Crippen LogP contribution in [0.15, 0.2) is 40.9 Å². The maximum atomic E-state index is 9.86. The summed E-state index contributed by atoms with van der Waals surface area (Å²) >= 11 is 0. The van der Waals surface area contributed by atoms with Crippen LogP contribution >= 0.6 is 0 Å². The lowest BCUT2D eigenvalue weighted by atomic mass is 9.99. The average Bonchev–Trinajstić information content (AvgIpc) is 3.43. The third kappa shape index (κ3) is 3.98.